The van der Waals surface area contributed by atoms with Crippen LogP contribution in [0.4, 0.5) is 16.0 Å². The molecule has 154 valence electrons. The molecular formula is C23H23FN4O2. The fourth-order valence-corrected chi connectivity index (χ4v) is 3.76. The molecule has 1 atom stereocenters. The summed E-state index contributed by atoms with van der Waals surface area (Å²) in [6.07, 6.45) is 0.288. The van der Waals surface area contributed by atoms with Gasteiger partial charge >= 0.3 is 0 Å². The molecule has 3 aromatic rings. The van der Waals surface area contributed by atoms with Crippen LogP contribution >= 0.6 is 0 Å². The van der Waals surface area contributed by atoms with Crippen LogP contribution in [0.3, 0.4) is 0 Å². The molecule has 1 amide bonds. The monoisotopic (exact) mass is 406 g/mol. The Kier molecular flexibility index (Phi) is 5.35. The number of carbonyl (C=O) groups excluding carboxylic acids is 1. The lowest BCUT2D eigenvalue weighted by atomic mass is 10.0. The minimum absolute atomic E-state index is 0.0108. The first-order valence-electron chi connectivity index (χ1n) is 9.87. The van der Waals surface area contributed by atoms with Crippen LogP contribution < -0.4 is 15.8 Å². The van der Waals surface area contributed by atoms with Gasteiger partial charge in [0.05, 0.1) is 5.69 Å². The first-order valence-corrected chi connectivity index (χ1v) is 9.87. The number of aromatic amines is 1. The van der Waals surface area contributed by atoms with Crippen LogP contribution in [0, 0.1) is 19.7 Å². The van der Waals surface area contributed by atoms with Crippen molar-refractivity contribution in [3.63, 3.8) is 0 Å². The first kappa shape index (κ1) is 19.8. The number of amides is 1. The molecule has 0 radical (unpaired) electrons. The highest BCUT2D eigenvalue weighted by Crippen LogP contribution is 2.33. The number of carbonyl (C=O) groups is 1. The van der Waals surface area contributed by atoms with Crippen molar-refractivity contribution in [1.29, 1.82) is 0 Å². The van der Waals surface area contributed by atoms with E-state index in [2.05, 4.69) is 15.3 Å². The quantitative estimate of drug-likeness (QED) is 0.678. The summed E-state index contributed by atoms with van der Waals surface area (Å²) in [5.74, 6) is -0.238. The Balaban J connectivity index is 1.54. The van der Waals surface area contributed by atoms with E-state index in [4.69, 9.17) is 0 Å². The number of benzene rings is 2. The maximum absolute atomic E-state index is 13.8. The van der Waals surface area contributed by atoms with Gasteiger partial charge < -0.3 is 10.2 Å². The summed E-state index contributed by atoms with van der Waals surface area (Å²) in [7, 11) is 0. The van der Waals surface area contributed by atoms with Gasteiger partial charge in [-0.1, -0.05) is 30.3 Å². The fourth-order valence-electron chi connectivity index (χ4n) is 3.76. The van der Waals surface area contributed by atoms with Crippen molar-refractivity contribution in [3.8, 4) is 0 Å². The van der Waals surface area contributed by atoms with Crippen LogP contribution in [0.1, 0.15) is 34.7 Å². The summed E-state index contributed by atoms with van der Waals surface area (Å²) in [5, 5.41) is 2.97. The van der Waals surface area contributed by atoms with Gasteiger partial charge in [-0.15, -0.1) is 0 Å². The van der Waals surface area contributed by atoms with Gasteiger partial charge in [0, 0.05) is 42.7 Å². The Morgan fingerprint density at radius 2 is 1.97 bits per heavy atom. The van der Waals surface area contributed by atoms with Crippen molar-refractivity contribution < 1.29 is 9.18 Å². The summed E-state index contributed by atoms with van der Waals surface area (Å²) in [6.45, 7) is 4.67. The molecule has 1 saturated heterocycles. The number of H-pyrrole nitrogens is 1. The Morgan fingerprint density at radius 1 is 1.17 bits per heavy atom. The average molecular weight is 406 g/mol. The third-order valence-electron chi connectivity index (χ3n) is 5.58. The van der Waals surface area contributed by atoms with Crippen molar-refractivity contribution in [2.24, 2.45) is 0 Å². The maximum Gasteiger partial charge on any atom is 0.252 e. The molecule has 0 unspecified atom stereocenters. The van der Waals surface area contributed by atoms with Gasteiger partial charge in [-0.25, -0.2) is 9.37 Å². The summed E-state index contributed by atoms with van der Waals surface area (Å²) >= 11 is 0. The number of aryl methyl sites for hydroxylation is 1. The molecule has 2 heterocycles. The summed E-state index contributed by atoms with van der Waals surface area (Å²) < 4.78 is 13.8. The lowest BCUT2D eigenvalue weighted by Gasteiger charge is -2.20. The Morgan fingerprint density at radius 3 is 2.77 bits per heavy atom. The predicted octanol–water partition coefficient (Wildman–Crippen LogP) is 3.66. The fraction of sp³-hybridized carbons (Fsp3) is 0.261. The number of hydrogen-bond acceptors (Lipinski definition) is 4. The van der Waals surface area contributed by atoms with Crippen LogP contribution in [0.15, 0.2) is 53.3 Å². The number of halogens is 1. The van der Waals surface area contributed by atoms with E-state index in [1.165, 1.54) is 12.1 Å². The third-order valence-corrected chi connectivity index (χ3v) is 5.58. The van der Waals surface area contributed by atoms with Gasteiger partial charge in [0.1, 0.15) is 5.82 Å². The molecule has 0 saturated carbocycles. The molecule has 30 heavy (non-hydrogen) atoms. The lowest BCUT2D eigenvalue weighted by Crippen LogP contribution is -2.25. The highest BCUT2D eigenvalue weighted by molar-refractivity contribution is 5.97. The van der Waals surface area contributed by atoms with Crippen LogP contribution in [0.5, 0.6) is 0 Å². The normalized spacial score (nSPS) is 16.2. The Labute approximate surface area is 173 Å². The smallest absolute Gasteiger partial charge is 0.252 e. The van der Waals surface area contributed by atoms with Gasteiger partial charge in [0.25, 0.3) is 5.56 Å². The van der Waals surface area contributed by atoms with E-state index in [9.17, 15) is 14.0 Å². The topological polar surface area (TPSA) is 78.1 Å². The van der Waals surface area contributed by atoms with E-state index < -0.39 is 0 Å². The van der Waals surface area contributed by atoms with Crippen molar-refractivity contribution in [2.45, 2.75) is 32.7 Å². The van der Waals surface area contributed by atoms with E-state index >= 15 is 0 Å². The maximum atomic E-state index is 13.8. The first-order chi connectivity index (χ1) is 14.4. The van der Waals surface area contributed by atoms with Gasteiger partial charge in [-0.3, -0.25) is 14.6 Å². The molecule has 0 bridgehead atoms. The second-order valence-corrected chi connectivity index (χ2v) is 7.59. The lowest BCUT2D eigenvalue weighted by molar-refractivity contribution is -0.117. The van der Waals surface area contributed by atoms with Crippen molar-refractivity contribution >= 4 is 17.5 Å². The predicted molar refractivity (Wildman–Crippen MR) is 114 cm³/mol. The zero-order chi connectivity index (χ0) is 21.3. The van der Waals surface area contributed by atoms with E-state index in [1.54, 1.807) is 23.1 Å². The molecule has 4 rings (SSSR count). The highest BCUT2D eigenvalue weighted by Gasteiger charge is 2.33. The minimum Gasteiger partial charge on any atom is -0.352 e. The van der Waals surface area contributed by atoms with Crippen LogP contribution in [-0.4, -0.2) is 22.4 Å². The molecule has 1 aromatic heterocycles. The number of aromatic nitrogens is 2. The van der Waals surface area contributed by atoms with E-state index in [-0.39, 0.29) is 42.1 Å². The largest absolute Gasteiger partial charge is 0.352 e. The second-order valence-electron chi connectivity index (χ2n) is 7.59. The SMILES string of the molecule is Cc1cccc(N2C[C@@H](c3cc(=O)[nH]c(NCc4ccccc4F)n3)CC2=O)c1C. The zero-order valence-electron chi connectivity index (χ0n) is 16.9. The number of nitrogens with zero attached hydrogens (tertiary/aromatic N) is 2. The van der Waals surface area contributed by atoms with Crippen LogP contribution in [0.2, 0.25) is 0 Å². The van der Waals surface area contributed by atoms with Gasteiger partial charge in [0.2, 0.25) is 11.9 Å². The van der Waals surface area contributed by atoms with Crippen molar-refractivity contribution in [2.75, 3.05) is 16.8 Å². The Hall–Kier alpha value is -3.48. The van der Waals surface area contributed by atoms with Crippen LogP contribution in [-0.2, 0) is 11.3 Å². The van der Waals surface area contributed by atoms with Crippen LogP contribution in [0.25, 0.3) is 0 Å². The van der Waals surface area contributed by atoms with E-state index in [0.717, 1.165) is 16.8 Å². The highest BCUT2D eigenvalue weighted by atomic mass is 19.1. The minimum atomic E-state index is -0.325. The zero-order valence-corrected chi connectivity index (χ0v) is 16.9. The molecule has 2 aromatic carbocycles. The third kappa shape index (κ3) is 3.96. The molecule has 1 aliphatic rings. The molecular weight excluding hydrogens is 383 g/mol. The molecule has 1 fully saturated rings. The molecule has 2 N–H and O–H groups in total. The van der Waals surface area contributed by atoms with Crippen molar-refractivity contribution in [3.05, 3.63) is 87.1 Å². The van der Waals surface area contributed by atoms with E-state index in [1.807, 2.05) is 32.0 Å². The summed E-state index contributed by atoms with van der Waals surface area (Å²) in [4.78, 5) is 33.8. The Bertz CT molecular complexity index is 1160. The second kappa shape index (κ2) is 8.10. The van der Waals surface area contributed by atoms with Gasteiger partial charge in [0.15, 0.2) is 0 Å². The standard InChI is InChI=1S/C23H23FN4O2/c1-14-6-5-9-20(15(14)2)28-13-17(10-22(28)30)19-11-21(29)27-23(26-19)25-12-16-7-3-4-8-18(16)24/h3-9,11,17H,10,12-13H2,1-2H3,(H2,25,26,27,29)/t17-/m0/s1. The molecule has 7 heteroatoms. The molecule has 6 nitrogen and oxygen atoms in total. The number of anilines is 2. The van der Waals surface area contributed by atoms with E-state index in [0.29, 0.717) is 17.8 Å². The summed E-state index contributed by atoms with van der Waals surface area (Å²) in [5.41, 5.74) is 3.80. The molecule has 0 aliphatic carbocycles. The number of rotatable bonds is 5. The average Bonchev–Trinajstić information content (AvgIpc) is 3.11. The molecule has 0 spiro atoms. The van der Waals surface area contributed by atoms with Gasteiger partial charge in [-0.2, -0.15) is 0 Å². The molecule has 1 aliphatic heterocycles. The number of hydrogen-bond donors (Lipinski definition) is 2. The van der Waals surface area contributed by atoms with Gasteiger partial charge in [-0.05, 0) is 37.1 Å². The number of nitrogens with one attached hydrogen (secondary N) is 2. The summed E-state index contributed by atoms with van der Waals surface area (Å²) in [6, 6.07) is 13.7. The van der Waals surface area contributed by atoms with Crippen molar-refractivity contribution in [1.82, 2.24) is 9.97 Å².